The van der Waals surface area contributed by atoms with E-state index in [2.05, 4.69) is 0 Å². The summed E-state index contributed by atoms with van der Waals surface area (Å²) in [6.07, 6.45) is -1.15. The summed E-state index contributed by atoms with van der Waals surface area (Å²) in [5.74, 6) is 0.255. The number of hydrogen-bond donors (Lipinski definition) is 1. The van der Waals surface area contributed by atoms with Crippen molar-refractivity contribution >= 4 is 36.8 Å². The van der Waals surface area contributed by atoms with Crippen molar-refractivity contribution in [2.75, 3.05) is 0 Å². The number of ether oxygens (including phenoxy) is 1. The summed E-state index contributed by atoms with van der Waals surface area (Å²) in [4.78, 5) is 11.3. The van der Waals surface area contributed by atoms with Crippen LogP contribution in [0.5, 0.6) is 5.75 Å². The van der Waals surface area contributed by atoms with Crippen LogP contribution in [0, 0.1) is 0 Å². The molecule has 0 aliphatic rings. The van der Waals surface area contributed by atoms with E-state index in [1.54, 1.807) is 24.3 Å². The number of carbonyl (C=O) groups excluding carboxylic acids is 1. The molecule has 0 atom stereocenters. The van der Waals surface area contributed by atoms with Crippen LogP contribution >= 0.6 is 10.7 Å². The van der Waals surface area contributed by atoms with Crippen LogP contribution in [-0.2, 0) is 9.24 Å². The molecular weight excluding hydrogens is 278 g/mol. The average Bonchev–Trinajstić information content (AvgIpc) is 2.27. The maximum absolute atomic E-state index is 11.3. The lowest BCUT2D eigenvalue weighted by atomic mass is 10.1. The minimum atomic E-state index is -4.15. The van der Waals surface area contributed by atoms with Crippen LogP contribution in [-0.4, -0.2) is 14.5 Å². The van der Waals surface area contributed by atoms with Gasteiger partial charge in [-0.2, -0.15) is 8.42 Å². The molecule has 2 aromatic carbocycles. The standard InChI is InChI=1S/C11H8ClNO4S/c12-18(15,16)13-11(14)17-10-7-3-5-8-4-1-2-6-9(8)10/h1-7H,(H,13,14). The van der Waals surface area contributed by atoms with Gasteiger partial charge < -0.3 is 4.74 Å². The van der Waals surface area contributed by atoms with Gasteiger partial charge in [0.15, 0.2) is 0 Å². The SMILES string of the molecule is O=C(NS(=O)(=O)Cl)Oc1cccc2ccccc12. The highest BCUT2D eigenvalue weighted by atomic mass is 35.7. The fourth-order valence-electron chi connectivity index (χ4n) is 1.50. The van der Waals surface area contributed by atoms with Gasteiger partial charge in [-0.15, -0.1) is 0 Å². The zero-order chi connectivity index (χ0) is 13.2. The largest absolute Gasteiger partial charge is 0.427 e. The maximum Gasteiger partial charge on any atom is 0.427 e. The summed E-state index contributed by atoms with van der Waals surface area (Å²) in [5.41, 5.74) is 0. The Morgan fingerprint density at radius 3 is 2.50 bits per heavy atom. The molecule has 0 aromatic heterocycles. The Morgan fingerprint density at radius 2 is 1.78 bits per heavy atom. The normalized spacial score (nSPS) is 11.2. The third kappa shape index (κ3) is 3.12. The van der Waals surface area contributed by atoms with Gasteiger partial charge in [0.05, 0.1) is 0 Å². The summed E-state index contributed by atoms with van der Waals surface area (Å²) in [5, 5.41) is 1.57. The van der Waals surface area contributed by atoms with Gasteiger partial charge >= 0.3 is 15.3 Å². The fourth-order valence-corrected chi connectivity index (χ4v) is 1.93. The van der Waals surface area contributed by atoms with E-state index in [-0.39, 0.29) is 5.75 Å². The van der Waals surface area contributed by atoms with Gasteiger partial charge in [-0.1, -0.05) is 36.4 Å². The first kappa shape index (κ1) is 12.7. The minimum absolute atomic E-state index is 0.255. The molecule has 0 saturated carbocycles. The average molecular weight is 286 g/mol. The Bertz CT molecular complexity index is 694. The predicted octanol–water partition coefficient (Wildman–Crippen LogP) is 2.41. The highest BCUT2D eigenvalue weighted by Crippen LogP contribution is 2.25. The molecule has 2 aromatic rings. The molecule has 7 heteroatoms. The highest BCUT2D eigenvalue weighted by Gasteiger charge is 2.13. The molecule has 0 aliphatic heterocycles. The molecule has 0 aliphatic carbocycles. The van der Waals surface area contributed by atoms with Crippen molar-refractivity contribution in [3.05, 3.63) is 42.5 Å². The summed E-state index contributed by atoms with van der Waals surface area (Å²) in [6.45, 7) is 0. The van der Waals surface area contributed by atoms with Crippen molar-refractivity contribution in [1.82, 2.24) is 4.72 Å². The van der Waals surface area contributed by atoms with Crippen molar-refractivity contribution in [3.8, 4) is 5.75 Å². The van der Waals surface area contributed by atoms with Crippen molar-refractivity contribution in [2.24, 2.45) is 0 Å². The first-order chi connectivity index (χ1) is 8.46. The Morgan fingerprint density at radius 1 is 1.11 bits per heavy atom. The molecule has 0 unspecified atom stereocenters. The molecule has 18 heavy (non-hydrogen) atoms. The number of rotatable bonds is 2. The number of amides is 1. The second-order valence-electron chi connectivity index (χ2n) is 3.41. The molecule has 1 N–H and O–H groups in total. The topological polar surface area (TPSA) is 72.5 Å². The van der Waals surface area contributed by atoms with Crippen LogP contribution in [0.4, 0.5) is 4.79 Å². The van der Waals surface area contributed by atoms with Gasteiger partial charge in [0.1, 0.15) is 5.75 Å². The van der Waals surface area contributed by atoms with Gasteiger partial charge in [-0.05, 0) is 11.5 Å². The molecule has 1 amide bonds. The van der Waals surface area contributed by atoms with Crippen LogP contribution in [0.1, 0.15) is 0 Å². The van der Waals surface area contributed by atoms with Crippen molar-refractivity contribution in [1.29, 1.82) is 0 Å². The fraction of sp³-hybridized carbons (Fsp3) is 0. The van der Waals surface area contributed by atoms with E-state index in [1.807, 2.05) is 18.2 Å². The lowest BCUT2D eigenvalue weighted by Gasteiger charge is -2.07. The summed E-state index contributed by atoms with van der Waals surface area (Å²) >= 11 is 0. The Kier molecular flexibility index (Phi) is 3.40. The van der Waals surface area contributed by atoms with Crippen LogP contribution in [0.25, 0.3) is 10.8 Å². The molecule has 0 spiro atoms. The number of benzene rings is 2. The van der Waals surface area contributed by atoms with Crippen molar-refractivity contribution < 1.29 is 17.9 Å². The molecule has 0 fully saturated rings. The van der Waals surface area contributed by atoms with Crippen molar-refractivity contribution in [3.63, 3.8) is 0 Å². The lowest BCUT2D eigenvalue weighted by Crippen LogP contribution is -2.29. The van der Waals surface area contributed by atoms with Crippen LogP contribution in [0.15, 0.2) is 42.5 Å². The first-order valence-corrected chi connectivity index (χ1v) is 7.18. The van der Waals surface area contributed by atoms with E-state index < -0.39 is 15.3 Å². The molecule has 2 rings (SSSR count). The summed E-state index contributed by atoms with van der Waals surface area (Å²) < 4.78 is 27.7. The number of fused-ring (bicyclic) bond motifs is 1. The quantitative estimate of drug-likeness (QED) is 0.860. The summed E-state index contributed by atoms with van der Waals surface area (Å²) in [6, 6.07) is 12.3. The van der Waals surface area contributed by atoms with E-state index in [0.29, 0.717) is 5.39 Å². The Balaban J connectivity index is 2.30. The van der Waals surface area contributed by atoms with E-state index in [9.17, 15) is 13.2 Å². The minimum Gasteiger partial charge on any atom is -0.409 e. The number of nitrogens with one attached hydrogen (secondary N) is 1. The van der Waals surface area contributed by atoms with Crippen LogP contribution in [0.2, 0.25) is 0 Å². The van der Waals surface area contributed by atoms with Gasteiger partial charge in [0.2, 0.25) is 0 Å². The van der Waals surface area contributed by atoms with Gasteiger partial charge in [0, 0.05) is 16.1 Å². The molecule has 0 bridgehead atoms. The zero-order valence-corrected chi connectivity index (χ0v) is 10.5. The Hall–Kier alpha value is -1.79. The van der Waals surface area contributed by atoms with Crippen molar-refractivity contribution in [2.45, 2.75) is 0 Å². The molecule has 0 radical (unpaired) electrons. The van der Waals surface area contributed by atoms with Gasteiger partial charge in [-0.3, -0.25) is 0 Å². The third-order valence-electron chi connectivity index (χ3n) is 2.16. The monoisotopic (exact) mass is 285 g/mol. The second-order valence-corrected chi connectivity index (χ2v) is 5.71. The molecule has 5 nitrogen and oxygen atoms in total. The van der Waals surface area contributed by atoms with Gasteiger partial charge in [0.25, 0.3) is 0 Å². The van der Waals surface area contributed by atoms with Crippen LogP contribution < -0.4 is 9.46 Å². The molecule has 0 heterocycles. The smallest absolute Gasteiger partial charge is 0.409 e. The van der Waals surface area contributed by atoms with E-state index in [0.717, 1.165) is 5.39 Å². The Labute approximate surface area is 108 Å². The van der Waals surface area contributed by atoms with E-state index in [1.165, 1.54) is 4.72 Å². The third-order valence-corrected chi connectivity index (χ3v) is 2.80. The predicted molar refractivity (Wildman–Crippen MR) is 67.9 cm³/mol. The maximum atomic E-state index is 11.3. The van der Waals surface area contributed by atoms with E-state index in [4.69, 9.17) is 15.4 Å². The molecule has 94 valence electrons. The number of halogens is 1. The zero-order valence-electron chi connectivity index (χ0n) is 8.96. The number of hydrogen-bond acceptors (Lipinski definition) is 4. The van der Waals surface area contributed by atoms with Crippen LogP contribution in [0.3, 0.4) is 0 Å². The first-order valence-electron chi connectivity index (χ1n) is 4.88. The molecular formula is C11H8ClNO4S. The van der Waals surface area contributed by atoms with Gasteiger partial charge in [-0.25, -0.2) is 9.52 Å². The van der Waals surface area contributed by atoms with E-state index >= 15 is 0 Å². The molecule has 0 saturated heterocycles. The lowest BCUT2D eigenvalue weighted by molar-refractivity contribution is 0.207. The number of carbonyl (C=O) groups is 1. The second kappa shape index (κ2) is 4.83. The highest BCUT2D eigenvalue weighted by molar-refractivity contribution is 8.12. The summed E-state index contributed by atoms with van der Waals surface area (Å²) in [7, 11) is 0.724.